The van der Waals surface area contributed by atoms with Crippen molar-refractivity contribution in [3.63, 3.8) is 0 Å². The van der Waals surface area contributed by atoms with E-state index in [2.05, 4.69) is 6.58 Å². The number of hydrogen-bond donors (Lipinski definition) is 1. The van der Waals surface area contributed by atoms with Crippen molar-refractivity contribution in [1.29, 1.82) is 0 Å². The number of nitrogens with two attached hydrogens (primary N) is 1. The predicted molar refractivity (Wildman–Crippen MR) is 70.5 cm³/mol. The molecule has 0 bridgehead atoms. The van der Waals surface area contributed by atoms with Gasteiger partial charge in [0, 0.05) is 12.2 Å². The highest BCUT2D eigenvalue weighted by atomic mass is 32.2. The first kappa shape index (κ1) is 12.0. The smallest absolute Gasteiger partial charge is 0.238 e. The molecule has 0 aliphatic carbocycles. The van der Waals surface area contributed by atoms with Crippen LogP contribution in [-0.4, -0.2) is 20.7 Å². The fourth-order valence-corrected chi connectivity index (χ4v) is 3.47. The van der Waals surface area contributed by atoms with Crippen LogP contribution in [0.25, 0.3) is 0 Å². The van der Waals surface area contributed by atoms with Gasteiger partial charge in [0.1, 0.15) is 0 Å². The molecule has 0 saturated carbocycles. The van der Waals surface area contributed by atoms with Crippen molar-refractivity contribution >= 4 is 21.4 Å². The number of aryl methyl sites for hydroxylation is 1. The van der Waals surface area contributed by atoms with E-state index in [1.54, 1.807) is 12.1 Å². The molecular formula is C12H16N2O2S. The second-order valence-corrected chi connectivity index (χ2v) is 6.07. The lowest BCUT2D eigenvalue weighted by molar-refractivity contribution is 0.589. The third kappa shape index (κ3) is 2.29. The first-order valence-corrected chi connectivity index (χ1v) is 7.15. The monoisotopic (exact) mass is 252 g/mol. The molecule has 1 aliphatic heterocycles. The standard InChI is InChI=1S/C12H16N2O2S/c1-2-8-17(15,16)14-7-3-4-10-9-11(13)5-6-12(10)14/h2,5-6,9H,1,3-4,7-8,13H2. The average molecular weight is 252 g/mol. The molecule has 1 aromatic rings. The van der Waals surface area contributed by atoms with Crippen LogP contribution in [0.3, 0.4) is 0 Å². The van der Waals surface area contributed by atoms with Gasteiger partial charge in [-0.25, -0.2) is 8.42 Å². The van der Waals surface area contributed by atoms with Gasteiger partial charge < -0.3 is 5.73 Å². The van der Waals surface area contributed by atoms with Gasteiger partial charge in [0.05, 0.1) is 11.4 Å². The van der Waals surface area contributed by atoms with E-state index in [-0.39, 0.29) is 5.75 Å². The van der Waals surface area contributed by atoms with Crippen molar-refractivity contribution in [1.82, 2.24) is 0 Å². The third-order valence-corrected chi connectivity index (χ3v) is 4.55. The van der Waals surface area contributed by atoms with Crippen molar-refractivity contribution < 1.29 is 8.42 Å². The minimum atomic E-state index is -3.29. The van der Waals surface area contributed by atoms with E-state index in [1.807, 2.05) is 6.07 Å². The van der Waals surface area contributed by atoms with Crippen LogP contribution in [0.1, 0.15) is 12.0 Å². The Kier molecular flexibility index (Phi) is 3.11. The van der Waals surface area contributed by atoms with Gasteiger partial charge in [0.15, 0.2) is 0 Å². The molecule has 0 atom stereocenters. The number of rotatable bonds is 3. The van der Waals surface area contributed by atoms with Gasteiger partial charge in [-0.3, -0.25) is 4.31 Å². The number of fused-ring (bicyclic) bond motifs is 1. The Labute approximate surface area is 102 Å². The van der Waals surface area contributed by atoms with Crippen LogP contribution in [-0.2, 0) is 16.4 Å². The summed E-state index contributed by atoms with van der Waals surface area (Å²) in [6.45, 7) is 4.02. The first-order chi connectivity index (χ1) is 8.04. The maximum absolute atomic E-state index is 12.1. The summed E-state index contributed by atoms with van der Waals surface area (Å²) in [5.74, 6) is -0.0309. The van der Waals surface area contributed by atoms with Crippen molar-refractivity contribution in [2.24, 2.45) is 0 Å². The van der Waals surface area contributed by atoms with Crippen LogP contribution in [0, 0.1) is 0 Å². The maximum atomic E-state index is 12.1. The minimum absolute atomic E-state index is 0.0309. The Balaban J connectivity index is 2.45. The number of anilines is 2. The van der Waals surface area contributed by atoms with E-state index in [9.17, 15) is 8.42 Å². The lowest BCUT2D eigenvalue weighted by atomic mass is 10.0. The summed E-state index contributed by atoms with van der Waals surface area (Å²) >= 11 is 0. The Morgan fingerprint density at radius 2 is 2.24 bits per heavy atom. The molecule has 4 nitrogen and oxygen atoms in total. The molecule has 92 valence electrons. The van der Waals surface area contributed by atoms with E-state index in [4.69, 9.17) is 5.73 Å². The zero-order chi connectivity index (χ0) is 12.5. The van der Waals surface area contributed by atoms with Crippen LogP contribution >= 0.6 is 0 Å². The Morgan fingerprint density at radius 1 is 1.47 bits per heavy atom. The average Bonchev–Trinajstić information content (AvgIpc) is 2.27. The van der Waals surface area contributed by atoms with Gasteiger partial charge in [0.2, 0.25) is 10.0 Å². The fourth-order valence-electron chi connectivity index (χ4n) is 2.11. The first-order valence-electron chi connectivity index (χ1n) is 5.54. The fraction of sp³-hybridized carbons (Fsp3) is 0.333. The normalized spacial score (nSPS) is 15.4. The van der Waals surface area contributed by atoms with E-state index in [0.717, 1.165) is 24.1 Å². The van der Waals surface area contributed by atoms with Crippen LogP contribution in [0.15, 0.2) is 30.9 Å². The van der Waals surface area contributed by atoms with Crippen molar-refractivity contribution in [3.05, 3.63) is 36.4 Å². The highest BCUT2D eigenvalue weighted by Gasteiger charge is 2.26. The lowest BCUT2D eigenvalue weighted by Gasteiger charge is -2.30. The second kappa shape index (κ2) is 4.41. The highest BCUT2D eigenvalue weighted by Crippen LogP contribution is 2.30. The molecule has 1 aromatic carbocycles. The van der Waals surface area contributed by atoms with Gasteiger partial charge in [-0.2, -0.15) is 0 Å². The molecule has 1 heterocycles. The summed E-state index contributed by atoms with van der Waals surface area (Å²) in [7, 11) is -3.29. The SMILES string of the molecule is C=CCS(=O)(=O)N1CCCc2cc(N)ccc21. The van der Waals surface area contributed by atoms with E-state index in [0.29, 0.717) is 12.2 Å². The van der Waals surface area contributed by atoms with Crippen molar-refractivity contribution in [2.45, 2.75) is 12.8 Å². The number of hydrogen-bond acceptors (Lipinski definition) is 3. The zero-order valence-electron chi connectivity index (χ0n) is 9.59. The quantitative estimate of drug-likeness (QED) is 0.655. The Hall–Kier alpha value is -1.49. The van der Waals surface area contributed by atoms with Crippen LogP contribution in [0.2, 0.25) is 0 Å². The maximum Gasteiger partial charge on any atom is 0.238 e. The third-order valence-electron chi connectivity index (χ3n) is 2.84. The summed E-state index contributed by atoms with van der Waals surface area (Å²) in [5.41, 5.74) is 8.14. The largest absolute Gasteiger partial charge is 0.399 e. The van der Waals surface area contributed by atoms with Gasteiger partial charge >= 0.3 is 0 Å². The summed E-state index contributed by atoms with van der Waals surface area (Å²) < 4.78 is 25.6. The minimum Gasteiger partial charge on any atom is -0.399 e. The zero-order valence-corrected chi connectivity index (χ0v) is 10.4. The lowest BCUT2D eigenvalue weighted by Crippen LogP contribution is -2.36. The molecule has 0 fully saturated rings. The molecule has 0 saturated heterocycles. The molecule has 5 heteroatoms. The van der Waals surface area contributed by atoms with Crippen LogP contribution < -0.4 is 10.0 Å². The number of nitrogens with zero attached hydrogens (tertiary/aromatic N) is 1. The van der Waals surface area contributed by atoms with Crippen LogP contribution in [0.5, 0.6) is 0 Å². The van der Waals surface area contributed by atoms with Crippen molar-refractivity contribution in [2.75, 3.05) is 22.3 Å². The molecule has 0 aromatic heterocycles. The Morgan fingerprint density at radius 3 is 2.94 bits per heavy atom. The molecule has 0 unspecified atom stereocenters. The molecular weight excluding hydrogens is 236 g/mol. The second-order valence-electron chi connectivity index (χ2n) is 4.13. The van der Waals surface area contributed by atoms with E-state index >= 15 is 0 Å². The highest BCUT2D eigenvalue weighted by molar-refractivity contribution is 7.92. The van der Waals surface area contributed by atoms with E-state index < -0.39 is 10.0 Å². The number of benzene rings is 1. The molecule has 17 heavy (non-hydrogen) atoms. The van der Waals surface area contributed by atoms with Gasteiger partial charge in [-0.1, -0.05) is 6.08 Å². The number of nitrogen functional groups attached to an aromatic ring is 1. The topological polar surface area (TPSA) is 63.4 Å². The summed E-state index contributed by atoms with van der Waals surface area (Å²) in [5, 5.41) is 0. The predicted octanol–water partition coefficient (Wildman–Crippen LogP) is 1.54. The van der Waals surface area contributed by atoms with Crippen molar-refractivity contribution in [3.8, 4) is 0 Å². The molecule has 2 N–H and O–H groups in total. The van der Waals surface area contributed by atoms with Gasteiger partial charge in [-0.05, 0) is 36.6 Å². The molecule has 1 aliphatic rings. The van der Waals surface area contributed by atoms with Crippen LogP contribution in [0.4, 0.5) is 11.4 Å². The summed E-state index contributed by atoms with van der Waals surface area (Å²) in [6.07, 6.45) is 3.12. The van der Waals surface area contributed by atoms with Gasteiger partial charge in [-0.15, -0.1) is 6.58 Å². The van der Waals surface area contributed by atoms with Gasteiger partial charge in [0.25, 0.3) is 0 Å². The van der Waals surface area contributed by atoms with E-state index in [1.165, 1.54) is 10.4 Å². The summed E-state index contributed by atoms with van der Waals surface area (Å²) in [6, 6.07) is 5.37. The summed E-state index contributed by atoms with van der Waals surface area (Å²) in [4.78, 5) is 0. The molecule has 0 amide bonds. The Bertz CT molecular complexity index is 537. The molecule has 0 spiro atoms. The molecule has 2 rings (SSSR count). The molecule has 0 radical (unpaired) electrons. The number of sulfonamides is 1.